The lowest BCUT2D eigenvalue weighted by molar-refractivity contribution is -0.384. The number of para-hydroxylation sites is 2. The van der Waals surface area contributed by atoms with Gasteiger partial charge >= 0.3 is 0 Å². The third-order valence-electron chi connectivity index (χ3n) is 3.17. The van der Waals surface area contributed by atoms with Crippen LogP contribution in [0.15, 0.2) is 24.3 Å². The van der Waals surface area contributed by atoms with Gasteiger partial charge in [0.05, 0.1) is 17.3 Å². The molecule has 0 bridgehead atoms. The molecule has 1 unspecified atom stereocenters. The fraction of sp³-hybridized carbons (Fsp3) is 0.538. The molecule has 0 fully saturated rings. The van der Waals surface area contributed by atoms with Gasteiger partial charge in [-0.1, -0.05) is 12.1 Å². The second-order valence-corrected chi connectivity index (χ2v) is 7.28. The highest BCUT2D eigenvalue weighted by Crippen LogP contribution is 2.23. The number of aliphatic hydroxyl groups excluding tert-OH is 1. The number of benzene rings is 1. The zero-order chi connectivity index (χ0) is 16.8. The van der Waals surface area contributed by atoms with E-state index in [4.69, 9.17) is 5.11 Å². The topological polar surface area (TPSA) is 113 Å². The molecule has 0 aliphatic carbocycles. The predicted octanol–water partition coefficient (Wildman–Crippen LogP) is 0.692. The number of rotatable bonds is 9. The highest BCUT2D eigenvalue weighted by molar-refractivity contribution is 7.91. The van der Waals surface area contributed by atoms with Gasteiger partial charge in [0, 0.05) is 12.6 Å². The molecule has 0 aromatic heterocycles. The van der Waals surface area contributed by atoms with E-state index in [0.717, 1.165) is 0 Å². The lowest BCUT2D eigenvalue weighted by Crippen LogP contribution is -2.39. The minimum absolute atomic E-state index is 0.0536. The number of nitrogens with one attached hydrogen (secondary N) is 1. The van der Waals surface area contributed by atoms with Gasteiger partial charge in [-0.05, 0) is 26.6 Å². The number of aliphatic hydroxyl groups is 1. The summed E-state index contributed by atoms with van der Waals surface area (Å²) in [5, 5.41) is 21.9. The first-order chi connectivity index (χ1) is 10.3. The first-order valence-electron chi connectivity index (χ1n) is 6.75. The smallest absolute Gasteiger partial charge is 0.292 e. The number of anilines is 1. The fourth-order valence-corrected chi connectivity index (χ4v) is 3.78. The van der Waals surface area contributed by atoms with Crippen molar-refractivity contribution in [3.8, 4) is 0 Å². The summed E-state index contributed by atoms with van der Waals surface area (Å²) in [6.45, 7) is -0.164. The van der Waals surface area contributed by atoms with Crippen molar-refractivity contribution in [1.29, 1.82) is 0 Å². The van der Waals surface area contributed by atoms with Crippen molar-refractivity contribution in [3.05, 3.63) is 34.4 Å². The molecule has 0 heterocycles. The van der Waals surface area contributed by atoms with E-state index in [-0.39, 0.29) is 24.4 Å². The lowest BCUT2D eigenvalue weighted by Gasteiger charge is -2.24. The summed E-state index contributed by atoms with van der Waals surface area (Å²) in [7, 11) is -0.164. The van der Waals surface area contributed by atoms with Crippen molar-refractivity contribution >= 4 is 21.2 Å². The summed E-state index contributed by atoms with van der Waals surface area (Å²) in [5.74, 6) is -0.304. The number of nitro benzene ring substituents is 1. The maximum absolute atomic E-state index is 12.1. The van der Waals surface area contributed by atoms with E-state index in [9.17, 15) is 18.5 Å². The van der Waals surface area contributed by atoms with Gasteiger partial charge in [0.2, 0.25) is 0 Å². The molecule has 0 aliphatic rings. The van der Waals surface area contributed by atoms with Crippen LogP contribution in [0.25, 0.3) is 0 Å². The Balaban J connectivity index is 2.74. The van der Waals surface area contributed by atoms with Crippen molar-refractivity contribution < 1.29 is 18.4 Å². The zero-order valence-electron chi connectivity index (χ0n) is 12.6. The molecule has 0 saturated heterocycles. The summed E-state index contributed by atoms with van der Waals surface area (Å²) in [5.41, 5.74) is 0.298. The molecular formula is C13H21N3O5S. The second-order valence-electron chi connectivity index (χ2n) is 5.00. The molecule has 22 heavy (non-hydrogen) atoms. The maximum Gasteiger partial charge on any atom is 0.292 e. The Kier molecular flexibility index (Phi) is 6.72. The number of nitro groups is 1. The van der Waals surface area contributed by atoms with Crippen LogP contribution in [-0.4, -0.2) is 61.7 Å². The molecule has 124 valence electrons. The molecule has 1 aromatic rings. The van der Waals surface area contributed by atoms with Crippen LogP contribution in [0.3, 0.4) is 0 Å². The molecule has 8 nitrogen and oxygen atoms in total. The van der Waals surface area contributed by atoms with E-state index in [1.54, 1.807) is 37.2 Å². The van der Waals surface area contributed by atoms with Crippen LogP contribution >= 0.6 is 0 Å². The van der Waals surface area contributed by atoms with E-state index in [1.165, 1.54) is 6.07 Å². The first-order valence-corrected chi connectivity index (χ1v) is 8.47. The Morgan fingerprint density at radius 2 is 2.00 bits per heavy atom. The zero-order valence-corrected chi connectivity index (χ0v) is 13.4. The summed E-state index contributed by atoms with van der Waals surface area (Å²) < 4.78 is 24.1. The second kappa shape index (κ2) is 8.06. The molecule has 1 atom stereocenters. The highest BCUT2D eigenvalue weighted by Gasteiger charge is 2.26. The fourth-order valence-electron chi connectivity index (χ4n) is 2.13. The SMILES string of the molecule is CN(C)C(CCNc1ccccc1[N+](=O)[O-])S(=O)(=O)CCO. The van der Waals surface area contributed by atoms with E-state index in [2.05, 4.69) is 5.32 Å². The predicted molar refractivity (Wildman–Crippen MR) is 84.6 cm³/mol. The molecule has 0 spiro atoms. The summed E-state index contributed by atoms with van der Waals surface area (Å²) in [4.78, 5) is 12.0. The third kappa shape index (κ3) is 4.93. The van der Waals surface area contributed by atoms with Gasteiger partial charge in [-0.25, -0.2) is 8.42 Å². The number of nitrogens with zero attached hydrogens (tertiary/aromatic N) is 2. The van der Waals surface area contributed by atoms with Crippen molar-refractivity contribution in [3.63, 3.8) is 0 Å². The average molecular weight is 331 g/mol. The van der Waals surface area contributed by atoms with Gasteiger partial charge in [0.25, 0.3) is 5.69 Å². The van der Waals surface area contributed by atoms with E-state index >= 15 is 0 Å². The Hall–Kier alpha value is -1.71. The number of hydrogen-bond acceptors (Lipinski definition) is 7. The largest absolute Gasteiger partial charge is 0.395 e. The van der Waals surface area contributed by atoms with Gasteiger partial charge in [-0.3, -0.25) is 15.0 Å². The number of sulfone groups is 1. The van der Waals surface area contributed by atoms with Gasteiger partial charge in [0.1, 0.15) is 11.1 Å². The van der Waals surface area contributed by atoms with E-state index in [1.807, 2.05) is 0 Å². The molecule has 0 saturated carbocycles. The standard InChI is InChI=1S/C13H21N3O5S/c1-15(2)13(22(20,21)10-9-17)7-8-14-11-5-3-4-6-12(11)16(18)19/h3-6,13-14,17H,7-10H2,1-2H3. The van der Waals surface area contributed by atoms with E-state index < -0.39 is 26.7 Å². The van der Waals surface area contributed by atoms with Gasteiger partial charge in [0.15, 0.2) is 9.84 Å². The summed E-state index contributed by atoms with van der Waals surface area (Å²) in [6.07, 6.45) is 0.251. The quantitative estimate of drug-likeness (QED) is 0.505. The molecule has 0 radical (unpaired) electrons. The monoisotopic (exact) mass is 331 g/mol. The van der Waals surface area contributed by atoms with Gasteiger partial charge in [-0.15, -0.1) is 0 Å². The molecular weight excluding hydrogens is 310 g/mol. The Morgan fingerprint density at radius 3 is 2.55 bits per heavy atom. The molecule has 9 heteroatoms. The molecule has 1 rings (SSSR count). The average Bonchev–Trinajstić information content (AvgIpc) is 2.43. The van der Waals surface area contributed by atoms with Crippen molar-refractivity contribution in [2.24, 2.45) is 0 Å². The van der Waals surface area contributed by atoms with Crippen LogP contribution in [0.4, 0.5) is 11.4 Å². The Morgan fingerprint density at radius 1 is 1.36 bits per heavy atom. The molecule has 1 aromatic carbocycles. The first kappa shape index (κ1) is 18.3. The normalized spacial score (nSPS) is 13.1. The molecule has 2 N–H and O–H groups in total. The minimum Gasteiger partial charge on any atom is -0.395 e. The van der Waals surface area contributed by atoms with Gasteiger partial charge in [-0.2, -0.15) is 0 Å². The van der Waals surface area contributed by atoms with Crippen molar-refractivity contribution in [2.75, 3.05) is 38.3 Å². The summed E-state index contributed by atoms with van der Waals surface area (Å²) >= 11 is 0. The lowest BCUT2D eigenvalue weighted by atomic mass is 10.2. The molecule has 0 aliphatic heterocycles. The molecule has 0 amide bonds. The maximum atomic E-state index is 12.1. The number of hydrogen-bond donors (Lipinski definition) is 2. The van der Waals surface area contributed by atoms with Crippen LogP contribution in [0, 0.1) is 10.1 Å². The van der Waals surface area contributed by atoms with E-state index in [0.29, 0.717) is 5.69 Å². The van der Waals surface area contributed by atoms with Crippen LogP contribution in [-0.2, 0) is 9.84 Å². The summed E-state index contributed by atoms with van der Waals surface area (Å²) in [6, 6.07) is 6.19. The van der Waals surface area contributed by atoms with Crippen LogP contribution in [0.2, 0.25) is 0 Å². The van der Waals surface area contributed by atoms with Crippen LogP contribution < -0.4 is 5.32 Å². The third-order valence-corrected chi connectivity index (χ3v) is 5.41. The van der Waals surface area contributed by atoms with Crippen molar-refractivity contribution in [1.82, 2.24) is 4.90 Å². The minimum atomic E-state index is -3.45. The Labute approximate surface area is 129 Å². The van der Waals surface area contributed by atoms with Crippen molar-refractivity contribution in [2.45, 2.75) is 11.8 Å². The van der Waals surface area contributed by atoms with Gasteiger partial charge < -0.3 is 10.4 Å². The Bertz CT molecular complexity index is 603. The highest BCUT2D eigenvalue weighted by atomic mass is 32.2. The van der Waals surface area contributed by atoms with Crippen LogP contribution in [0.1, 0.15) is 6.42 Å². The van der Waals surface area contributed by atoms with Crippen LogP contribution in [0.5, 0.6) is 0 Å².